The molecule has 0 radical (unpaired) electrons. The molecule has 4 aromatic rings. The Balaban J connectivity index is 0.829. The third-order valence-electron chi connectivity index (χ3n) is 18.5. The average molecular weight is 1380 g/mol. The molecule has 8 rings (SSSR count). The molecule has 4 aliphatic rings. The van der Waals surface area contributed by atoms with E-state index in [0.717, 1.165) is 30.5 Å². The van der Waals surface area contributed by atoms with Crippen molar-refractivity contribution in [3.8, 4) is 5.75 Å². The van der Waals surface area contributed by atoms with E-state index >= 15 is 0 Å². The van der Waals surface area contributed by atoms with Gasteiger partial charge in [0.05, 0.1) is 42.7 Å². The minimum absolute atomic E-state index is 0.0101. The number of nitrogens with zero attached hydrogens (tertiary/aromatic N) is 4. The number of benzene rings is 4. The first kappa shape index (κ1) is 74.0. The van der Waals surface area contributed by atoms with Gasteiger partial charge >= 0.3 is 0 Å². The van der Waals surface area contributed by atoms with Gasteiger partial charge in [-0.05, 0) is 171 Å². The van der Waals surface area contributed by atoms with Gasteiger partial charge in [-0.1, -0.05) is 78.3 Å². The monoisotopic (exact) mass is 1380 g/mol. The van der Waals surface area contributed by atoms with Crippen LogP contribution in [0.1, 0.15) is 158 Å². The van der Waals surface area contributed by atoms with Gasteiger partial charge in [0.2, 0.25) is 41.4 Å². The molecule has 4 aromatic carbocycles. The van der Waals surface area contributed by atoms with E-state index in [2.05, 4.69) is 36.9 Å². The SMILES string of the molecule is Cc1c(C)c(S(=O)(=O)N(C(=O)CN)[C@@H](CCCN=C(N)N)C(=O)N[C@@H](C)C(=O)NCC(=O)NCC(=O)N[C@@H](C)C(=O)N[C@@H](C)C(=O)c2ccc(C(c3ccccc3)c3ccc(C(=O)[C@@H]4CCCN4C(=O)[C@@H]4CCCN4C(=O)[C@@H]4CCCN4)cc3Cl)cc2)c(C)c2c1OC(C)(C)CC2. The molecule has 0 bridgehead atoms. The molecule has 1 unspecified atom stereocenters. The van der Waals surface area contributed by atoms with Crippen LogP contribution < -0.4 is 53.8 Å². The number of likely N-dealkylation sites (tertiary alicyclic amines) is 2. The fourth-order valence-corrected chi connectivity index (χ4v) is 15.6. The van der Waals surface area contributed by atoms with E-state index in [9.17, 15) is 56.4 Å². The number of carbonyl (C=O) groups excluding carboxylic acids is 10. The Morgan fingerprint density at radius 1 is 0.722 bits per heavy atom. The molecule has 26 nitrogen and oxygen atoms in total. The number of fused-ring (bicyclic) bond motifs is 1. The van der Waals surface area contributed by atoms with Gasteiger partial charge in [0.25, 0.3) is 15.9 Å². The van der Waals surface area contributed by atoms with Crippen LogP contribution in [-0.2, 0) is 54.8 Å². The largest absolute Gasteiger partial charge is 0.487 e. The number of carbonyl (C=O) groups is 10. The van der Waals surface area contributed by atoms with E-state index in [1.807, 2.05) is 44.2 Å². The van der Waals surface area contributed by atoms with Crippen molar-refractivity contribution in [2.24, 2.45) is 22.2 Å². The van der Waals surface area contributed by atoms with Gasteiger partial charge < -0.3 is 63.6 Å². The summed E-state index contributed by atoms with van der Waals surface area (Å²) in [4.78, 5) is 143. The second-order valence-corrected chi connectivity index (χ2v) is 28.1. The number of Topliss-reactive ketones (excluding diaryl/α,β-unsaturated/α-hetero) is 2. The van der Waals surface area contributed by atoms with E-state index in [1.54, 1.807) is 73.0 Å². The van der Waals surface area contributed by atoms with Crippen molar-refractivity contribution in [2.45, 2.75) is 178 Å². The molecule has 4 aliphatic heterocycles. The molecule has 0 spiro atoms. The second kappa shape index (κ2) is 32.0. The molecule has 3 fully saturated rings. The first-order chi connectivity index (χ1) is 46.0. The average Bonchev–Trinajstić information content (AvgIpc) is 1.10. The van der Waals surface area contributed by atoms with Crippen LogP contribution in [0.4, 0.5) is 0 Å². The number of hydrogen-bond donors (Lipinski definition) is 9. The van der Waals surface area contributed by atoms with E-state index in [-0.39, 0.29) is 59.4 Å². The summed E-state index contributed by atoms with van der Waals surface area (Å²) in [6, 6.07) is 14.5. The summed E-state index contributed by atoms with van der Waals surface area (Å²) in [6.07, 6.45) is 4.81. The van der Waals surface area contributed by atoms with Crippen molar-refractivity contribution in [3.05, 3.63) is 128 Å². The Kier molecular flexibility index (Phi) is 24.5. The van der Waals surface area contributed by atoms with E-state index in [1.165, 1.54) is 20.8 Å². The summed E-state index contributed by atoms with van der Waals surface area (Å²) in [6.45, 7) is 12.4. The summed E-state index contributed by atoms with van der Waals surface area (Å²) < 4.78 is 36.5. The maximum Gasteiger partial charge on any atom is 0.267 e. The number of halogens is 1. The van der Waals surface area contributed by atoms with Crippen molar-refractivity contribution in [1.82, 2.24) is 46.0 Å². The molecular weight excluding hydrogens is 1290 g/mol. The topological polar surface area (TPSA) is 386 Å². The fraction of sp³-hybridized carbons (Fsp3) is 0.493. The smallest absolute Gasteiger partial charge is 0.267 e. The third-order valence-corrected chi connectivity index (χ3v) is 21.0. The number of hydrogen-bond acceptors (Lipinski definition) is 16. The van der Waals surface area contributed by atoms with Crippen molar-refractivity contribution in [1.29, 1.82) is 0 Å². The van der Waals surface area contributed by atoms with Gasteiger partial charge in [-0.2, -0.15) is 0 Å². The lowest BCUT2D eigenvalue weighted by Crippen LogP contribution is -2.57. The molecule has 0 aliphatic carbocycles. The van der Waals surface area contributed by atoms with Crippen LogP contribution in [0, 0.1) is 20.8 Å². The minimum atomic E-state index is -4.85. The zero-order valence-electron chi connectivity index (χ0n) is 56.2. The molecule has 8 atom stereocenters. The van der Waals surface area contributed by atoms with Crippen molar-refractivity contribution < 1.29 is 61.1 Å². The molecule has 522 valence electrons. The van der Waals surface area contributed by atoms with Crippen LogP contribution >= 0.6 is 11.6 Å². The Morgan fingerprint density at radius 3 is 1.98 bits per heavy atom. The molecule has 8 amide bonds. The number of ketones is 2. The highest BCUT2D eigenvalue weighted by Gasteiger charge is 2.46. The summed E-state index contributed by atoms with van der Waals surface area (Å²) in [5, 5.41) is 15.8. The zero-order chi connectivity index (χ0) is 70.8. The molecule has 4 heterocycles. The normalized spacial score (nSPS) is 18.8. The molecular formula is C69H90ClN13O13S. The molecule has 28 heteroatoms. The molecule has 97 heavy (non-hydrogen) atoms. The first-order valence-electron chi connectivity index (χ1n) is 32.9. The number of nitrogens with one attached hydrogen (secondary N) is 6. The van der Waals surface area contributed by atoms with Gasteiger partial charge in [-0.25, -0.2) is 12.7 Å². The number of sulfonamides is 1. The van der Waals surface area contributed by atoms with Crippen LogP contribution in [0.5, 0.6) is 5.75 Å². The summed E-state index contributed by atoms with van der Waals surface area (Å²) in [7, 11) is -4.85. The first-order valence-corrected chi connectivity index (χ1v) is 34.7. The van der Waals surface area contributed by atoms with Crippen LogP contribution in [-0.4, -0.2) is 181 Å². The number of rotatable bonds is 27. The summed E-state index contributed by atoms with van der Waals surface area (Å²) >= 11 is 7.11. The molecule has 3 saturated heterocycles. The third kappa shape index (κ3) is 17.3. The maximum absolute atomic E-state index is 14.9. The van der Waals surface area contributed by atoms with Crippen LogP contribution in [0.3, 0.4) is 0 Å². The maximum atomic E-state index is 14.9. The fourth-order valence-electron chi connectivity index (χ4n) is 13.2. The summed E-state index contributed by atoms with van der Waals surface area (Å²) in [5.74, 6) is -6.45. The lowest BCUT2D eigenvalue weighted by atomic mass is 9.84. The zero-order valence-corrected chi connectivity index (χ0v) is 57.8. The second-order valence-electron chi connectivity index (χ2n) is 25.9. The number of nitrogens with two attached hydrogens (primary N) is 3. The molecule has 12 N–H and O–H groups in total. The number of guanidine groups is 1. The predicted octanol–water partition coefficient (Wildman–Crippen LogP) is 2.99. The highest BCUT2D eigenvalue weighted by Crippen LogP contribution is 2.44. The van der Waals surface area contributed by atoms with Gasteiger partial charge in [-0.15, -0.1) is 0 Å². The lowest BCUT2D eigenvalue weighted by molar-refractivity contribution is -0.144. The van der Waals surface area contributed by atoms with Crippen LogP contribution in [0.2, 0.25) is 5.02 Å². The molecule has 0 saturated carbocycles. The number of aliphatic imine (C=N–C) groups is 1. The van der Waals surface area contributed by atoms with Crippen molar-refractivity contribution in [3.63, 3.8) is 0 Å². The van der Waals surface area contributed by atoms with E-state index in [4.69, 9.17) is 33.5 Å². The highest BCUT2D eigenvalue weighted by atomic mass is 35.5. The van der Waals surface area contributed by atoms with Gasteiger partial charge in [0, 0.05) is 41.7 Å². The summed E-state index contributed by atoms with van der Waals surface area (Å²) in [5.41, 5.74) is 21.1. The standard InChI is InChI=1S/C69H90ClN13O13S/c1-38-39(2)62(40(3)48-28-29-69(7,8)96-61(38)48)97(94,95)83(57(86)35-71)53(19-13-31-75-68(72)73)65(91)80-42(5)63(89)77-36-55(84)76-37-56(85)78-43(6)64(90)79-41(4)59(87)46-24-22-45(23-25-46)58(44-16-10-9-11-17-44)49-27-26-47(34-50(49)70)60(88)52-20-14-32-81(52)67(93)54-21-15-33-82(54)66(92)51-18-12-30-74-51/h9-11,16-17,22-27,34,41-43,51-54,58,74H,12-15,18-21,28-33,35-37,71H2,1-8H3,(H,76,84)(H,77,89)(H,78,85)(H,79,90)(H,80,91)(H4,72,73,75)/t41-,42-,43-,51-,52-,53-,54-,58?/m0/s1. The predicted molar refractivity (Wildman–Crippen MR) is 364 cm³/mol. The van der Waals surface area contributed by atoms with Gasteiger partial charge in [0.1, 0.15) is 35.5 Å². The van der Waals surface area contributed by atoms with Gasteiger partial charge in [-0.3, -0.25) is 52.9 Å². The van der Waals surface area contributed by atoms with E-state index < -0.39 is 119 Å². The quantitative estimate of drug-likeness (QED) is 0.0136. The van der Waals surface area contributed by atoms with Crippen LogP contribution in [0.15, 0.2) is 82.7 Å². The number of amides is 8. The Hall–Kier alpha value is -8.79. The van der Waals surface area contributed by atoms with Crippen LogP contribution in [0.25, 0.3) is 0 Å². The molecule has 0 aromatic heterocycles. The lowest BCUT2D eigenvalue weighted by Gasteiger charge is -2.37. The Morgan fingerprint density at radius 2 is 1.34 bits per heavy atom. The Labute approximate surface area is 570 Å². The highest BCUT2D eigenvalue weighted by molar-refractivity contribution is 7.89. The van der Waals surface area contributed by atoms with Crippen molar-refractivity contribution in [2.75, 3.05) is 45.8 Å². The van der Waals surface area contributed by atoms with E-state index in [0.29, 0.717) is 100 Å². The minimum Gasteiger partial charge on any atom is -0.487 e. The van der Waals surface area contributed by atoms with Gasteiger partial charge in [0.15, 0.2) is 17.5 Å². The Bertz CT molecular complexity index is 3820. The van der Waals surface area contributed by atoms with Crippen molar-refractivity contribution >= 4 is 86.4 Å². The number of ether oxygens (including phenoxy) is 1.